The molecule has 0 heterocycles. The highest BCUT2D eigenvalue weighted by Crippen LogP contribution is 2.16. The van der Waals surface area contributed by atoms with E-state index in [0.29, 0.717) is 17.9 Å². The predicted octanol–water partition coefficient (Wildman–Crippen LogP) is 2.86. The number of rotatable bonds is 6. The number of carboxylic acids is 1. The molecule has 0 aliphatic rings. The van der Waals surface area contributed by atoms with Crippen molar-refractivity contribution in [2.45, 2.75) is 19.8 Å². The van der Waals surface area contributed by atoms with Crippen molar-refractivity contribution in [1.82, 2.24) is 0 Å². The monoisotopic (exact) mass is 245 g/mol. The van der Waals surface area contributed by atoms with Gasteiger partial charge in [-0.25, -0.2) is 4.79 Å². The van der Waals surface area contributed by atoms with Crippen molar-refractivity contribution in [1.29, 1.82) is 5.26 Å². The Bertz CT molecular complexity index is 486. The molecule has 0 unspecified atom stereocenters. The number of hydrogen-bond donors (Lipinski definition) is 1. The van der Waals surface area contributed by atoms with Gasteiger partial charge in [0.05, 0.1) is 6.61 Å². The Morgan fingerprint density at radius 3 is 2.94 bits per heavy atom. The van der Waals surface area contributed by atoms with Gasteiger partial charge in [0.15, 0.2) is 0 Å². The van der Waals surface area contributed by atoms with E-state index in [4.69, 9.17) is 15.1 Å². The summed E-state index contributed by atoms with van der Waals surface area (Å²) in [7, 11) is 0. The number of nitriles is 1. The average Bonchev–Trinajstić information content (AvgIpc) is 2.36. The van der Waals surface area contributed by atoms with Crippen LogP contribution in [0.3, 0.4) is 0 Å². The molecule has 0 aliphatic carbocycles. The van der Waals surface area contributed by atoms with E-state index in [1.54, 1.807) is 30.3 Å². The summed E-state index contributed by atoms with van der Waals surface area (Å²) in [6.07, 6.45) is 3.35. The van der Waals surface area contributed by atoms with Gasteiger partial charge in [-0.3, -0.25) is 0 Å². The molecule has 4 nitrogen and oxygen atoms in total. The maximum absolute atomic E-state index is 10.7. The van der Waals surface area contributed by atoms with Crippen molar-refractivity contribution >= 4 is 12.0 Å². The van der Waals surface area contributed by atoms with Crippen LogP contribution in [0.1, 0.15) is 25.3 Å². The Hall–Kier alpha value is -2.28. The van der Waals surface area contributed by atoms with E-state index in [2.05, 4.69) is 6.92 Å². The fourth-order valence-electron chi connectivity index (χ4n) is 1.34. The van der Waals surface area contributed by atoms with E-state index in [1.807, 2.05) is 0 Å². The lowest BCUT2D eigenvalue weighted by Crippen LogP contribution is -1.98. The number of carboxylic acid groups (broad SMARTS) is 1. The molecule has 18 heavy (non-hydrogen) atoms. The minimum Gasteiger partial charge on any atom is -0.494 e. The Morgan fingerprint density at radius 2 is 2.33 bits per heavy atom. The standard InChI is InChI=1S/C14H15NO3/c1-2-3-7-18-13-6-4-5-11(9-13)8-12(10-15)14(16)17/h4-6,8-9H,2-3,7H2,1H3,(H,16,17). The van der Waals surface area contributed by atoms with Gasteiger partial charge in [-0.05, 0) is 30.2 Å². The van der Waals surface area contributed by atoms with E-state index in [-0.39, 0.29) is 5.57 Å². The first kappa shape index (κ1) is 13.8. The molecular formula is C14H15NO3. The van der Waals surface area contributed by atoms with Crippen molar-refractivity contribution in [3.05, 3.63) is 35.4 Å². The van der Waals surface area contributed by atoms with E-state index < -0.39 is 5.97 Å². The van der Waals surface area contributed by atoms with Crippen LogP contribution >= 0.6 is 0 Å². The molecule has 1 aromatic carbocycles. The third-order valence-corrected chi connectivity index (χ3v) is 2.29. The zero-order valence-corrected chi connectivity index (χ0v) is 10.2. The molecule has 0 amide bonds. The number of benzene rings is 1. The van der Waals surface area contributed by atoms with Crippen molar-refractivity contribution in [3.8, 4) is 11.8 Å². The summed E-state index contributed by atoms with van der Waals surface area (Å²) in [5.41, 5.74) is 0.351. The highest BCUT2D eigenvalue weighted by molar-refractivity contribution is 5.96. The molecule has 0 atom stereocenters. The van der Waals surface area contributed by atoms with Crippen molar-refractivity contribution < 1.29 is 14.6 Å². The molecule has 1 N–H and O–H groups in total. The summed E-state index contributed by atoms with van der Waals surface area (Å²) in [5, 5.41) is 17.4. The number of ether oxygens (including phenoxy) is 1. The van der Waals surface area contributed by atoms with Crippen LogP contribution in [0.25, 0.3) is 6.08 Å². The zero-order valence-electron chi connectivity index (χ0n) is 10.2. The SMILES string of the molecule is CCCCOc1cccc(C=C(C#N)C(=O)O)c1. The second-order valence-electron chi connectivity index (χ2n) is 3.75. The molecule has 94 valence electrons. The molecule has 1 rings (SSSR count). The first-order valence-corrected chi connectivity index (χ1v) is 5.75. The quantitative estimate of drug-likeness (QED) is 0.475. The first-order valence-electron chi connectivity index (χ1n) is 5.75. The third-order valence-electron chi connectivity index (χ3n) is 2.29. The Morgan fingerprint density at radius 1 is 1.56 bits per heavy atom. The minimum absolute atomic E-state index is 0.291. The van der Waals surface area contributed by atoms with Crippen LogP contribution in [0.15, 0.2) is 29.8 Å². The molecule has 0 saturated carbocycles. The number of hydrogen-bond acceptors (Lipinski definition) is 3. The summed E-state index contributed by atoms with van der Waals surface area (Å²) in [6, 6.07) is 8.66. The second kappa shape index (κ2) is 7.13. The van der Waals surface area contributed by atoms with Gasteiger partial charge in [0, 0.05) is 0 Å². The van der Waals surface area contributed by atoms with Crippen LogP contribution < -0.4 is 4.74 Å². The van der Waals surface area contributed by atoms with E-state index in [0.717, 1.165) is 12.8 Å². The minimum atomic E-state index is -1.23. The number of unbranched alkanes of at least 4 members (excludes halogenated alkanes) is 1. The van der Waals surface area contributed by atoms with Crippen LogP contribution in [0, 0.1) is 11.3 Å². The highest BCUT2D eigenvalue weighted by Gasteiger charge is 2.05. The topological polar surface area (TPSA) is 70.3 Å². The lowest BCUT2D eigenvalue weighted by atomic mass is 10.1. The maximum atomic E-state index is 10.7. The molecule has 0 aromatic heterocycles. The summed E-state index contributed by atoms with van der Waals surface area (Å²) in [6.45, 7) is 2.71. The first-order chi connectivity index (χ1) is 8.67. The van der Waals surface area contributed by atoms with Gasteiger partial charge in [-0.1, -0.05) is 25.5 Å². The van der Waals surface area contributed by atoms with E-state index in [1.165, 1.54) is 6.08 Å². The van der Waals surface area contributed by atoms with E-state index in [9.17, 15) is 4.79 Å². The summed E-state index contributed by atoms with van der Waals surface area (Å²) < 4.78 is 5.50. The van der Waals surface area contributed by atoms with Crippen molar-refractivity contribution in [2.24, 2.45) is 0 Å². The van der Waals surface area contributed by atoms with Crippen molar-refractivity contribution in [3.63, 3.8) is 0 Å². The molecule has 0 aliphatic heterocycles. The summed E-state index contributed by atoms with van der Waals surface area (Å²) in [4.78, 5) is 10.7. The highest BCUT2D eigenvalue weighted by atomic mass is 16.5. The van der Waals surface area contributed by atoms with Crippen LogP contribution in [-0.2, 0) is 4.79 Å². The summed E-state index contributed by atoms with van der Waals surface area (Å²) in [5.74, 6) is -0.547. The molecule has 0 radical (unpaired) electrons. The summed E-state index contributed by atoms with van der Waals surface area (Å²) >= 11 is 0. The van der Waals surface area contributed by atoms with Crippen LogP contribution in [0.5, 0.6) is 5.75 Å². The fourth-order valence-corrected chi connectivity index (χ4v) is 1.34. The average molecular weight is 245 g/mol. The Balaban J connectivity index is 2.82. The fraction of sp³-hybridized carbons (Fsp3) is 0.286. The van der Waals surface area contributed by atoms with Crippen molar-refractivity contribution in [2.75, 3.05) is 6.61 Å². The third kappa shape index (κ3) is 4.30. The van der Waals surface area contributed by atoms with E-state index >= 15 is 0 Å². The van der Waals surface area contributed by atoms with Crippen LogP contribution in [0.4, 0.5) is 0 Å². The zero-order chi connectivity index (χ0) is 13.4. The van der Waals surface area contributed by atoms with Gasteiger partial charge in [0.1, 0.15) is 17.4 Å². The normalized spacial score (nSPS) is 10.8. The Kier molecular flexibility index (Phi) is 5.46. The second-order valence-corrected chi connectivity index (χ2v) is 3.75. The maximum Gasteiger partial charge on any atom is 0.346 e. The van der Waals surface area contributed by atoms with Gasteiger partial charge in [-0.2, -0.15) is 5.26 Å². The number of carbonyl (C=O) groups is 1. The largest absolute Gasteiger partial charge is 0.494 e. The van der Waals surface area contributed by atoms with Crippen LogP contribution in [-0.4, -0.2) is 17.7 Å². The van der Waals surface area contributed by atoms with Crippen LogP contribution in [0.2, 0.25) is 0 Å². The molecule has 1 aromatic rings. The number of aliphatic carboxylic acids is 1. The van der Waals surface area contributed by atoms with Gasteiger partial charge < -0.3 is 9.84 Å². The van der Waals surface area contributed by atoms with Gasteiger partial charge >= 0.3 is 5.97 Å². The molecular weight excluding hydrogens is 230 g/mol. The smallest absolute Gasteiger partial charge is 0.346 e. The molecule has 0 saturated heterocycles. The van der Waals surface area contributed by atoms with Gasteiger partial charge in [0.25, 0.3) is 0 Å². The molecule has 4 heteroatoms. The predicted molar refractivity (Wildman–Crippen MR) is 68.1 cm³/mol. The molecule has 0 fully saturated rings. The molecule has 0 bridgehead atoms. The lowest BCUT2D eigenvalue weighted by Gasteiger charge is -2.05. The van der Waals surface area contributed by atoms with Gasteiger partial charge in [-0.15, -0.1) is 0 Å². The Labute approximate surface area is 106 Å². The molecule has 0 spiro atoms. The lowest BCUT2D eigenvalue weighted by molar-refractivity contribution is -0.132. The number of nitrogens with zero attached hydrogens (tertiary/aromatic N) is 1. The van der Waals surface area contributed by atoms with Gasteiger partial charge in [0.2, 0.25) is 0 Å².